The topological polar surface area (TPSA) is 68.5 Å². The largest absolute Gasteiger partial charge is 0.482 e. The maximum atomic E-state index is 12.6. The van der Waals surface area contributed by atoms with Crippen molar-refractivity contribution in [2.24, 2.45) is 0 Å². The van der Waals surface area contributed by atoms with Crippen LogP contribution >= 0.6 is 11.6 Å². The summed E-state index contributed by atoms with van der Waals surface area (Å²) in [4.78, 5) is 22.8. The molecule has 1 atom stereocenters. The average Bonchev–Trinajstić information content (AvgIpc) is 3.38. The second-order valence-corrected chi connectivity index (χ2v) is 7.13. The minimum absolute atomic E-state index is 0.0272. The lowest BCUT2D eigenvalue weighted by Crippen LogP contribution is -2.34. The highest BCUT2D eigenvalue weighted by Crippen LogP contribution is 2.32. The number of carbonyl (C=O) groups is 1. The molecule has 0 N–H and O–H groups in total. The van der Waals surface area contributed by atoms with Gasteiger partial charge in [0.05, 0.1) is 12.4 Å². The Hall–Kier alpha value is -2.86. The Labute approximate surface area is 168 Å². The predicted molar refractivity (Wildman–Crippen MR) is 104 cm³/mol. The summed E-state index contributed by atoms with van der Waals surface area (Å²) in [5, 5.41) is 0.704. The van der Waals surface area contributed by atoms with E-state index in [-0.39, 0.29) is 18.6 Å². The van der Waals surface area contributed by atoms with E-state index in [9.17, 15) is 4.79 Å². The highest BCUT2D eigenvalue weighted by Gasteiger charge is 2.33. The van der Waals surface area contributed by atoms with Crippen molar-refractivity contribution in [1.29, 1.82) is 0 Å². The van der Waals surface area contributed by atoms with Gasteiger partial charge in [-0.25, -0.2) is 4.98 Å². The lowest BCUT2D eigenvalue weighted by molar-refractivity contribution is -0.134. The minimum atomic E-state index is -0.149. The lowest BCUT2D eigenvalue weighted by Gasteiger charge is -2.22. The van der Waals surface area contributed by atoms with E-state index in [1.165, 1.54) is 0 Å². The Morgan fingerprint density at radius 3 is 2.89 bits per heavy atom. The summed E-state index contributed by atoms with van der Waals surface area (Å²) >= 11 is 5.93. The number of benzene rings is 1. The third-order valence-corrected chi connectivity index (χ3v) is 4.97. The maximum Gasteiger partial charge on any atom is 0.261 e. The van der Waals surface area contributed by atoms with Gasteiger partial charge in [-0.3, -0.25) is 9.78 Å². The summed E-state index contributed by atoms with van der Waals surface area (Å²) in [5.41, 5.74) is 1.09. The molecule has 1 aromatic carbocycles. The van der Waals surface area contributed by atoms with E-state index in [1.54, 1.807) is 35.6 Å². The van der Waals surface area contributed by atoms with Crippen molar-refractivity contribution in [3.8, 4) is 5.75 Å². The highest BCUT2D eigenvalue weighted by atomic mass is 35.5. The molecular formula is C21H20ClN3O3. The molecule has 4 rings (SSSR count). The molecule has 28 heavy (non-hydrogen) atoms. The minimum Gasteiger partial charge on any atom is -0.482 e. The van der Waals surface area contributed by atoms with Crippen molar-refractivity contribution in [2.75, 3.05) is 13.2 Å². The van der Waals surface area contributed by atoms with Gasteiger partial charge in [0.1, 0.15) is 17.6 Å². The van der Waals surface area contributed by atoms with E-state index in [1.807, 2.05) is 24.3 Å². The van der Waals surface area contributed by atoms with Crippen LogP contribution in [0.4, 0.5) is 0 Å². The summed E-state index contributed by atoms with van der Waals surface area (Å²) in [6.45, 7) is 0.648. The number of likely N-dealkylation sites (tertiary alicyclic amines) is 1. The summed E-state index contributed by atoms with van der Waals surface area (Å²) in [5.74, 6) is 1.84. The van der Waals surface area contributed by atoms with Gasteiger partial charge >= 0.3 is 0 Å². The second kappa shape index (κ2) is 8.44. The van der Waals surface area contributed by atoms with Gasteiger partial charge in [0.2, 0.25) is 5.89 Å². The van der Waals surface area contributed by atoms with Crippen molar-refractivity contribution >= 4 is 17.5 Å². The number of pyridine rings is 1. The van der Waals surface area contributed by atoms with Crippen molar-refractivity contribution in [2.45, 2.75) is 25.3 Å². The third-order valence-electron chi connectivity index (χ3n) is 4.72. The maximum absolute atomic E-state index is 12.6. The molecule has 1 amide bonds. The molecule has 2 aromatic heterocycles. The van der Waals surface area contributed by atoms with Crippen LogP contribution in [-0.4, -0.2) is 33.9 Å². The fourth-order valence-corrected chi connectivity index (χ4v) is 3.47. The summed E-state index contributed by atoms with van der Waals surface area (Å²) < 4.78 is 11.5. The SMILES string of the molecule is O=C(COc1cccnc1)N1CCCC1c1ncc(Cc2ccc(Cl)cc2)o1. The molecule has 6 nitrogen and oxygen atoms in total. The molecule has 1 aliphatic heterocycles. The number of aromatic nitrogens is 2. The number of hydrogen-bond donors (Lipinski definition) is 0. The summed E-state index contributed by atoms with van der Waals surface area (Å²) in [7, 11) is 0. The monoisotopic (exact) mass is 397 g/mol. The molecule has 1 fully saturated rings. The van der Waals surface area contributed by atoms with Gasteiger partial charge in [-0.2, -0.15) is 0 Å². The van der Waals surface area contributed by atoms with Gasteiger partial charge in [0.15, 0.2) is 6.61 Å². The predicted octanol–water partition coefficient (Wildman–Crippen LogP) is 4.06. The number of rotatable bonds is 6. The van der Waals surface area contributed by atoms with Crippen LogP contribution < -0.4 is 4.74 Å². The van der Waals surface area contributed by atoms with Gasteiger partial charge in [-0.05, 0) is 42.7 Å². The number of ether oxygens (including phenoxy) is 1. The Morgan fingerprint density at radius 2 is 2.11 bits per heavy atom. The first-order valence-corrected chi connectivity index (χ1v) is 9.58. The van der Waals surface area contributed by atoms with Crippen molar-refractivity contribution in [3.63, 3.8) is 0 Å². The molecule has 0 saturated carbocycles. The Morgan fingerprint density at radius 1 is 1.25 bits per heavy atom. The molecule has 7 heteroatoms. The second-order valence-electron chi connectivity index (χ2n) is 6.69. The zero-order valence-corrected chi connectivity index (χ0v) is 16.0. The van der Waals surface area contributed by atoms with Crippen LogP contribution in [0.3, 0.4) is 0 Å². The molecule has 1 aliphatic rings. The first-order chi connectivity index (χ1) is 13.7. The van der Waals surface area contributed by atoms with Gasteiger partial charge in [-0.15, -0.1) is 0 Å². The van der Waals surface area contributed by atoms with E-state index in [2.05, 4.69) is 9.97 Å². The Balaban J connectivity index is 1.39. The quantitative estimate of drug-likeness (QED) is 0.627. The lowest BCUT2D eigenvalue weighted by atomic mass is 10.1. The Kier molecular flexibility index (Phi) is 5.58. The Bertz CT molecular complexity index is 928. The van der Waals surface area contributed by atoms with Crippen molar-refractivity contribution < 1.29 is 13.9 Å². The fourth-order valence-electron chi connectivity index (χ4n) is 3.34. The van der Waals surface area contributed by atoms with E-state index >= 15 is 0 Å². The molecule has 1 unspecified atom stereocenters. The number of amides is 1. The fraction of sp³-hybridized carbons (Fsp3) is 0.286. The smallest absolute Gasteiger partial charge is 0.261 e. The third kappa shape index (κ3) is 4.34. The number of nitrogens with zero attached hydrogens (tertiary/aromatic N) is 3. The molecule has 1 saturated heterocycles. The van der Waals surface area contributed by atoms with Crippen LogP contribution in [0.2, 0.25) is 5.02 Å². The van der Waals surface area contributed by atoms with Crippen LogP contribution in [0.25, 0.3) is 0 Å². The number of hydrogen-bond acceptors (Lipinski definition) is 5. The van der Waals surface area contributed by atoms with Crippen LogP contribution in [0, 0.1) is 0 Å². The van der Waals surface area contributed by atoms with Crippen LogP contribution in [0.15, 0.2) is 59.4 Å². The van der Waals surface area contributed by atoms with Gasteiger partial charge in [0.25, 0.3) is 5.91 Å². The van der Waals surface area contributed by atoms with E-state index < -0.39 is 0 Å². The standard InChI is InChI=1S/C21H20ClN3O3/c22-16-7-5-15(6-8-16)11-18-13-24-21(28-18)19-4-2-10-25(19)20(26)14-27-17-3-1-9-23-12-17/h1,3,5-9,12-13,19H,2,4,10-11,14H2. The molecular weight excluding hydrogens is 378 g/mol. The van der Waals surface area contributed by atoms with Crippen molar-refractivity contribution in [3.05, 3.63) is 77.2 Å². The zero-order valence-electron chi connectivity index (χ0n) is 15.3. The molecule has 0 bridgehead atoms. The van der Waals surface area contributed by atoms with Gasteiger partial charge in [-0.1, -0.05) is 23.7 Å². The van der Waals surface area contributed by atoms with E-state index in [0.717, 1.165) is 24.2 Å². The first-order valence-electron chi connectivity index (χ1n) is 9.20. The number of oxazole rings is 1. The highest BCUT2D eigenvalue weighted by molar-refractivity contribution is 6.30. The molecule has 0 radical (unpaired) electrons. The van der Waals surface area contributed by atoms with Crippen molar-refractivity contribution in [1.82, 2.24) is 14.9 Å². The molecule has 0 aliphatic carbocycles. The van der Waals surface area contributed by atoms with Crippen LogP contribution in [0.5, 0.6) is 5.75 Å². The summed E-state index contributed by atoms with van der Waals surface area (Å²) in [6.07, 6.45) is 7.37. The first kappa shape index (κ1) is 18.5. The summed E-state index contributed by atoms with van der Waals surface area (Å²) in [6, 6.07) is 11.0. The molecule has 144 valence electrons. The molecule has 0 spiro atoms. The van der Waals surface area contributed by atoms with E-state index in [4.69, 9.17) is 20.8 Å². The van der Waals surface area contributed by atoms with Gasteiger partial charge < -0.3 is 14.1 Å². The van der Waals surface area contributed by atoms with Gasteiger partial charge in [0, 0.05) is 24.2 Å². The molecule has 3 heterocycles. The number of halogens is 1. The number of carbonyl (C=O) groups excluding carboxylic acids is 1. The normalized spacial score (nSPS) is 16.3. The molecule has 3 aromatic rings. The van der Waals surface area contributed by atoms with E-state index in [0.29, 0.717) is 29.6 Å². The van der Waals surface area contributed by atoms with Crippen LogP contribution in [0.1, 0.15) is 36.1 Å². The van der Waals surface area contributed by atoms with Crippen LogP contribution in [-0.2, 0) is 11.2 Å². The zero-order chi connectivity index (χ0) is 19.3. The average molecular weight is 398 g/mol.